The van der Waals surface area contributed by atoms with E-state index in [4.69, 9.17) is 5.11 Å². The first kappa shape index (κ1) is 14.5. The van der Waals surface area contributed by atoms with Gasteiger partial charge in [-0.2, -0.15) is 0 Å². The van der Waals surface area contributed by atoms with Gasteiger partial charge in [0.15, 0.2) is 0 Å². The number of aliphatic carboxylic acids is 1. The normalized spacial score (nSPS) is 18.9. The lowest BCUT2D eigenvalue weighted by Crippen LogP contribution is -2.52. The van der Waals surface area contributed by atoms with Crippen LogP contribution in [0.1, 0.15) is 30.9 Å². The number of carboxylic acid groups (broad SMARTS) is 1. The van der Waals surface area contributed by atoms with Crippen LogP contribution < -0.4 is 10.6 Å². The molecule has 0 saturated heterocycles. The Balaban J connectivity index is 1.99. The summed E-state index contributed by atoms with van der Waals surface area (Å²) in [5.41, 5.74) is 2.34. The van der Waals surface area contributed by atoms with Crippen molar-refractivity contribution >= 4 is 11.9 Å². The third-order valence-corrected chi connectivity index (χ3v) is 3.59. The number of carbonyl (C=O) groups excluding carboxylic acids is 1. The fraction of sp³-hybridized carbons (Fsp3) is 0.467. The lowest BCUT2D eigenvalue weighted by molar-refractivity contribution is -0.142. The van der Waals surface area contributed by atoms with Crippen molar-refractivity contribution in [3.8, 4) is 0 Å². The Morgan fingerprint density at radius 1 is 1.40 bits per heavy atom. The van der Waals surface area contributed by atoms with Gasteiger partial charge in [-0.1, -0.05) is 37.6 Å². The highest BCUT2D eigenvalue weighted by atomic mass is 16.4. The average molecular weight is 276 g/mol. The maximum atomic E-state index is 12.2. The highest BCUT2D eigenvalue weighted by Crippen LogP contribution is 2.16. The summed E-state index contributed by atoms with van der Waals surface area (Å²) in [7, 11) is 0. The van der Waals surface area contributed by atoms with Gasteiger partial charge in [0, 0.05) is 6.54 Å². The maximum Gasteiger partial charge on any atom is 0.326 e. The Labute approximate surface area is 118 Å². The molecule has 20 heavy (non-hydrogen) atoms. The summed E-state index contributed by atoms with van der Waals surface area (Å²) in [4.78, 5) is 23.2. The molecule has 0 saturated carbocycles. The molecule has 1 unspecified atom stereocenters. The molecule has 1 aromatic carbocycles. The first-order chi connectivity index (χ1) is 9.61. The van der Waals surface area contributed by atoms with E-state index in [0.717, 1.165) is 12.0 Å². The van der Waals surface area contributed by atoms with E-state index in [1.165, 1.54) is 5.56 Å². The molecule has 108 valence electrons. The summed E-state index contributed by atoms with van der Waals surface area (Å²) in [6.45, 7) is 2.54. The van der Waals surface area contributed by atoms with E-state index in [-0.39, 0.29) is 11.9 Å². The van der Waals surface area contributed by atoms with Crippen LogP contribution in [0, 0.1) is 0 Å². The lowest BCUT2D eigenvalue weighted by atomic mass is 9.95. The Morgan fingerprint density at radius 3 is 2.75 bits per heavy atom. The van der Waals surface area contributed by atoms with Crippen molar-refractivity contribution in [2.75, 3.05) is 0 Å². The van der Waals surface area contributed by atoms with Gasteiger partial charge in [0.1, 0.15) is 6.04 Å². The van der Waals surface area contributed by atoms with E-state index in [1.807, 2.05) is 31.2 Å². The van der Waals surface area contributed by atoms with Crippen molar-refractivity contribution < 1.29 is 14.7 Å². The van der Waals surface area contributed by atoms with Gasteiger partial charge in [-0.05, 0) is 24.0 Å². The van der Waals surface area contributed by atoms with Gasteiger partial charge >= 0.3 is 5.97 Å². The molecule has 0 fully saturated rings. The molecular formula is C15H20N2O3. The zero-order valence-corrected chi connectivity index (χ0v) is 11.6. The molecule has 0 radical (unpaired) electrons. The average Bonchev–Trinajstić information content (AvgIpc) is 2.46. The smallest absolute Gasteiger partial charge is 0.326 e. The minimum Gasteiger partial charge on any atom is -0.480 e. The van der Waals surface area contributed by atoms with Crippen LogP contribution in [0.15, 0.2) is 24.3 Å². The molecule has 5 nitrogen and oxygen atoms in total. The number of carbonyl (C=O) groups is 2. The van der Waals surface area contributed by atoms with Crippen LogP contribution in [-0.2, 0) is 22.6 Å². The molecule has 1 amide bonds. The topological polar surface area (TPSA) is 78.4 Å². The summed E-state index contributed by atoms with van der Waals surface area (Å²) < 4.78 is 0. The van der Waals surface area contributed by atoms with Gasteiger partial charge in [0.25, 0.3) is 0 Å². The molecule has 0 aliphatic carbocycles. The van der Waals surface area contributed by atoms with Crippen molar-refractivity contribution in [1.29, 1.82) is 0 Å². The quantitative estimate of drug-likeness (QED) is 0.751. The Kier molecular flexibility index (Phi) is 4.74. The summed E-state index contributed by atoms with van der Waals surface area (Å²) in [6.07, 6.45) is 1.77. The number of fused-ring (bicyclic) bond motifs is 1. The summed E-state index contributed by atoms with van der Waals surface area (Å²) in [5, 5.41) is 14.8. The maximum absolute atomic E-state index is 12.2. The molecule has 2 atom stereocenters. The van der Waals surface area contributed by atoms with Crippen molar-refractivity contribution in [2.45, 2.75) is 44.8 Å². The van der Waals surface area contributed by atoms with E-state index >= 15 is 0 Å². The van der Waals surface area contributed by atoms with E-state index in [9.17, 15) is 9.59 Å². The van der Waals surface area contributed by atoms with Crippen LogP contribution >= 0.6 is 0 Å². The molecule has 1 aromatic rings. The molecule has 1 heterocycles. The minimum absolute atomic E-state index is 0.236. The molecular weight excluding hydrogens is 256 g/mol. The summed E-state index contributed by atoms with van der Waals surface area (Å²) >= 11 is 0. The second-order valence-corrected chi connectivity index (χ2v) is 5.09. The zero-order valence-electron chi connectivity index (χ0n) is 11.6. The highest BCUT2D eigenvalue weighted by Gasteiger charge is 2.27. The van der Waals surface area contributed by atoms with Gasteiger partial charge in [-0.15, -0.1) is 0 Å². The van der Waals surface area contributed by atoms with E-state index in [2.05, 4.69) is 10.6 Å². The molecule has 0 spiro atoms. The summed E-state index contributed by atoms with van der Waals surface area (Å²) in [5.74, 6) is -1.21. The minimum atomic E-state index is -0.976. The fourth-order valence-electron chi connectivity index (χ4n) is 2.46. The SMILES string of the molecule is CCC[C@H](NC(=O)C1Cc2ccccc2CN1)C(=O)O. The van der Waals surface area contributed by atoms with Gasteiger partial charge in [-0.25, -0.2) is 4.79 Å². The Bertz CT molecular complexity index is 502. The number of amides is 1. The first-order valence-electron chi connectivity index (χ1n) is 6.95. The van der Waals surface area contributed by atoms with Gasteiger partial charge < -0.3 is 15.7 Å². The summed E-state index contributed by atoms with van der Waals surface area (Å²) in [6, 6.07) is 6.82. The highest BCUT2D eigenvalue weighted by molar-refractivity contribution is 5.87. The van der Waals surface area contributed by atoms with Crippen molar-refractivity contribution in [3.05, 3.63) is 35.4 Å². The van der Waals surface area contributed by atoms with Crippen LogP contribution in [0.4, 0.5) is 0 Å². The van der Waals surface area contributed by atoms with E-state index in [1.54, 1.807) is 0 Å². The molecule has 5 heteroatoms. The van der Waals surface area contributed by atoms with Gasteiger partial charge in [-0.3, -0.25) is 4.79 Å². The van der Waals surface area contributed by atoms with Crippen molar-refractivity contribution in [1.82, 2.24) is 10.6 Å². The van der Waals surface area contributed by atoms with Crippen molar-refractivity contribution in [3.63, 3.8) is 0 Å². The standard InChI is InChI=1S/C15H20N2O3/c1-2-5-12(15(19)20)17-14(18)13-8-10-6-3-4-7-11(10)9-16-13/h3-4,6-7,12-13,16H,2,5,8-9H2,1H3,(H,17,18)(H,19,20)/t12-,13?/m0/s1. The van der Waals surface area contributed by atoms with Crippen LogP contribution in [0.25, 0.3) is 0 Å². The first-order valence-corrected chi connectivity index (χ1v) is 6.95. The molecule has 0 bridgehead atoms. The molecule has 1 aliphatic heterocycles. The molecule has 0 aromatic heterocycles. The number of benzene rings is 1. The number of hydrogen-bond donors (Lipinski definition) is 3. The second-order valence-electron chi connectivity index (χ2n) is 5.09. The van der Waals surface area contributed by atoms with Crippen LogP contribution in [0.3, 0.4) is 0 Å². The third-order valence-electron chi connectivity index (χ3n) is 3.59. The van der Waals surface area contributed by atoms with Gasteiger partial charge in [0.2, 0.25) is 5.91 Å². The fourth-order valence-corrected chi connectivity index (χ4v) is 2.46. The van der Waals surface area contributed by atoms with Gasteiger partial charge in [0.05, 0.1) is 6.04 Å². The number of carboxylic acids is 1. The molecule has 1 aliphatic rings. The largest absolute Gasteiger partial charge is 0.480 e. The van der Waals surface area contributed by atoms with E-state index < -0.39 is 12.0 Å². The monoisotopic (exact) mass is 276 g/mol. The predicted molar refractivity (Wildman–Crippen MR) is 75.2 cm³/mol. The number of rotatable bonds is 5. The number of nitrogens with one attached hydrogen (secondary N) is 2. The Hall–Kier alpha value is -1.88. The third kappa shape index (κ3) is 3.36. The van der Waals surface area contributed by atoms with Crippen LogP contribution in [0.2, 0.25) is 0 Å². The molecule has 3 N–H and O–H groups in total. The van der Waals surface area contributed by atoms with Crippen molar-refractivity contribution in [2.24, 2.45) is 0 Å². The van der Waals surface area contributed by atoms with E-state index in [0.29, 0.717) is 19.4 Å². The number of hydrogen-bond acceptors (Lipinski definition) is 3. The lowest BCUT2D eigenvalue weighted by Gasteiger charge is -2.26. The Morgan fingerprint density at radius 2 is 2.10 bits per heavy atom. The zero-order chi connectivity index (χ0) is 14.5. The van der Waals surface area contributed by atoms with Crippen LogP contribution in [0.5, 0.6) is 0 Å². The predicted octanol–water partition coefficient (Wildman–Crippen LogP) is 1.07. The van der Waals surface area contributed by atoms with Crippen LogP contribution in [-0.4, -0.2) is 29.1 Å². The second kappa shape index (κ2) is 6.52. The molecule has 2 rings (SSSR count).